The van der Waals surface area contributed by atoms with Crippen LogP contribution in [0.3, 0.4) is 0 Å². The average molecular weight is 292 g/mol. The molecule has 116 valence electrons. The summed E-state index contributed by atoms with van der Waals surface area (Å²) in [6.45, 7) is 6.20. The summed E-state index contributed by atoms with van der Waals surface area (Å²) < 4.78 is 19.3. The summed E-state index contributed by atoms with van der Waals surface area (Å²) in [4.78, 5) is 0. The third-order valence-electron chi connectivity index (χ3n) is 3.31. The Labute approximate surface area is 126 Å². The summed E-state index contributed by atoms with van der Waals surface area (Å²) >= 11 is 0. The lowest BCUT2D eigenvalue weighted by molar-refractivity contribution is 0.282. The van der Waals surface area contributed by atoms with Crippen LogP contribution in [0.1, 0.15) is 45.6 Å². The Hall–Kier alpha value is -1.60. The van der Waals surface area contributed by atoms with E-state index >= 15 is 0 Å². The van der Waals surface area contributed by atoms with Crippen LogP contribution in [-0.2, 0) is 6.42 Å². The molecule has 2 N–H and O–H groups in total. The van der Waals surface area contributed by atoms with Crippen molar-refractivity contribution in [1.29, 1.82) is 5.26 Å². The van der Waals surface area contributed by atoms with E-state index in [9.17, 15) is 4.39 Å². The van der Waals surface area contributed by atoms with Crippen molar-refractivity contribution in [2.45, 2.75) is 52.5 Å². The van der Waals surface area contributed by atoms with Gasteiger partial charge in [-0.3, -0.25) is 0 Å². The van der Waals surface area contributed by atoms with Gasteiger partial charge in [0.1, 0.15) is 0 Å². The quantitative estimate of drug-likeness (QED) is 0.741. The molecule has 3 nitrogen and oxygen atoms in total. The molecule has 1 atom stereocenters. The highest BCUT2D eigenvalue weighted by molar-refractivity contribution is 5.29. The third kappa shape index (κ3) is 6.59. The molecule has 0 saturated heterocycles. The maximum Gasteiger partial charge on any atom is 0.165 e. The largest absolute Gasteiger partial charge is 0.491 e. The molecule has 1 aromatic carbocycles. The fraction of sp³-hybridized carbons (Fsp3) is 0.588. The summed E-state index contributed by atoms with van der Waals surface area (Å²) in [6.07, 6.45) is 3.18. The first-order chi connectivity index (χ1) is 9.84. The highest BCUT2D eigenvalue weighted by Crippen LogP contribution is 2.23. The molecule has 0 aliphatic heterocycles. The number of rotatable bonds is 8. The van der Waals surface area contributed by atoms with Gasteiger partial charge in [0, 0.05) is 6.04 Å². The van der Waals surface area contributed by atoms with Crippen molar-refractivity contribution in [1.82, 2.24) is 0 Å². The highest BCUT2D eigenvalue weighted by Gasteiger charge is 2.15. The molecular weight excluding hydrogens is 267 g/mol. The number of halogens is 1. The molecule has 0 spiro atoms. The van der Waals surface area contributed by atoms with Gasteiger partial charge in [-0.2, -0.15) is 5.26 Å². The molecule has 0 aliphatic carbocycles. The van der Waals surface area contributed by atoms with Crippen LogP contribution in [0.2, 0.25) is 0 Å². The van der Waals surface area contributed by atoms with E-state index in [1.165, 1.54) is 6.07 Å². The molecular formula is C17H25FN2O. The summed E-state index contributed by atoms with van der Waals surface area (Å²) in [6, 6.07) is 7.27. The molecule has 0 heterocycles. The number of unbranched alkanes of at least 4 members (excludes halogenated alkanes) is 1. The Morgan fingerprint density at radius 2 is 2.10 bits per heavy atom. The van der Waals surface area contributed by atoms with Crippen molar-refractivity contribution in [3.05, 3.63) is 29.6 Å². The molecule has 0 amide bonds. The molecule has 1 aromatic rings. The first-order valence-corrected chi connectivity index (χ1v) is 7.42. The van der Waals surface area contributed by atoms with Gasteiger partial charge in [0.15, 0.2) is 11.6 Å². The van der Waals surface area contributed by atoms with E-state index < -0.39 is 0 Å². The van der Waals surface area contributed by atoms with Crippen LogP contribution >= 0.6 is 0 Å². The van der Waals surface area contributed by atoms with Crippen molar-refractivity contribution in [2.75, 3.05) is 6.61 Å². The molecule has 4 heteroatoms. The lowest BCUT2D eigenvalue weighted by Crippen LogP contribution is -2.17. The van der Waals surface area contributed by atoms with Gasteiger partial charge in [0.25, 0.3) is 0 Å². The summed E-state index contributed by atoms with van der Waals surface area (Å²) in [7, 11) is 0. The number of hydrogen-bond donors (Lipinski definition) is 1. The smallest absolute Gasteiger partial charge is 0.165 e. The van der Waals surface area contributed by atoms with Crippen LogP contribution < -0.4 is 10.5 Å². The Bertz CT molecular complexity index is 492. The highest BCUT2D eigenvalue weighted by atomic mass is 19.1. The first kappa shape index (κ1) is 17.5. The second kappa shape index (κ2) is 7.99. The van der Waals surface area contributed by atoms with Crippen LogP contribution in [-0.4, -0.2) is 12.6 Å². The topological polar surface area (TPSA) is 59.0 Å². The second-order valence-corrected chi connectivity index (χ2v) is 6.25. The second-order valence-electron chi connectivity index (χ2n) is 6.25. The molecule has 1 rings (SSSR count). The number of hydrogen-bond acceptors (Lipinski definition) is 3. The number of benzene rings is 1. The Balaban J connectivity index is 2.38. The van der Waals surface area contributed by atoms with Gasteiger partial charge in [-0.1, -0.05) is 6.07 Å². The molecule has 0 fully saturated rings. The van der Waals surface area contributed by atoms with E-state index in [1.807, 2.05) is 26.8 Å². The lowest BCUT2D eigenvalue weighted by Gasteiger charge is -2.14. The van der Waals surface area contributed by atoms with Crippen molar-refractivity contribution in [3.63, 3.8) is 0 Å². The van der Waals surface area contributed by atoms with Gasteiger partial charge in [-0.25, -0.2) is 4.39 Å². The fourth-order valence-corrected chi connectivity index (χ4v) is 2.07. The zero-order chi connectivity index (χ0) is 15.9. The first-order valence-electron chi connectivity index (χ1n) is 7.42. The predicted octanol–water partition coefficient (Wildman–Crippen LogP) is 3.81. The van der Waals surface area contributed by atoms with Gasteiger partial charge in [0.2, 0.25) is 0 Å². The maximum atomic E-state index is 13.8. The van der Waals surface area contributed by atoms with Crippen molar-refractivity contribution < 1.29 is 9.13 Å². The van der Waals surface area contributed by atoms with Gasteiger partial charge in [0.05, 0.1) is 18.1 Å². The molecule has 0 bridgehead atoms. The minimum atomic E-state index is -0.342. The minimum absolute atomic E-state index is 0.0136. The lowest BCUT2D eigenvalue weighted by atomic mass is 9.89. The average Bonchev–Trinajstić information content (AvgIpc) is 2.40. The van der Waals surface area contributed by atoms with Gasteiger partial charge >= 0.3 is 0 Å². The molecule has 21 heavy (non-hydrogen) atoms. The van der Waals surface area contributed by atoms with E-state index in [-0.39, 0.29) is 23.0 Å². The zero-order valence-electron chi connectivity index (χ0n) is 13.2. The van der Waals surface area contributed by atoms with E-state index in [0.29, 0.717) is 13.0 Å². The molecule has 0 saturated carbocycles. The number of nitrogens with zero attached hydrogens (tertiary/aromatic N) is 1. The van der Waals surface area contributed by atoms with Gasteiger partial charge < -0.3 is 10.5 Å². The normalized spacial score (nSPS) is 12.8. The van der Waals surface area contributed by atoms with E-state index in [1.54, 1.807) is 6.07 Å². The molecule has 1 unspecified atom stereocenters. The maximum absolute atomic E-state index is 13.8. The van der Waals surface area contributed by atoms with Crippen molar-refractivity contribution >= 4 is 0 Å². The Kier molecular flexibility index (Phi) is 6.64. The third-order valence-corrected chi connectivity index (χ3v) is 3.31. The van der Waals surface area contributed by atoms with Crippen LogP contribution in [0, 0.1) is 22.6 Å². The van der Waals surface area contributed by atoms with Gasteiger partial charge in [-0.15, -0.1) is 0 Å². The van der Waals surface area contributed by atoms with Crippen LogP contribution in [0.4, 0.5) is 4.39 Å². The standard InChI is InChI=1S/C17H25FN2O/c1-13(20)10-14-6-7-16(15(18)11-14)21-9-5-4-8-17(2,3)12-19/h6-7,11,13H,4-5,8-10,20H2,1-3H3. The van der Waals surface area contributed by atoms with Crippen LogP contribution in [0.25, 0.3) is 0 Å². The SMILES string of the molecule is CC(N)Cc1ccc(OCCCCC(C)(C)C#N)c(F)c1. The number of nitriles is 1. The minimum Gasteiger partial charge on any atom is -0.491 e. The Morgan fingerprint density at radius 1 is 1.38 bits per heavy atom. The molecule has 0 aromatic heterocycles. The summed E-state index contributed by atoms with van der Waals surface area (Å²) in [5.41, 5.74) is 6.28. The van der Waals surface area contributed by atoms with Crippen molar-refractivity contribution in [3.8, 4) is 11.8 Å². The number of ether oxygens (including phenoxy) is 1. The van der Waals surface area contributed by atoms with E-state index in [0.717, 1.165) is 24.8 Å². The summed E-state index contributed by atoms with van der Waals surface area (Å²) in [5.74, 6) is -0.0616. The van der Waals surface area contributed by atoms with Crippen LogP contribution in [0.15, 0.2) is 18.2 Å². The Morgan fingerprint density at radius 3 is 2.67 bits per heavy atom. The van der Waals surface area contributed by atoms with Gasteiger partial charge in [-0.05, 0) is 64.2 Å². The molecule has 0 aliphatic rings. The number of nitrogens with two attached hydrogens (primary N) is 1. The monoisotopic (exact) mass is 292 g/mol. The van der Waals surface area contributed by atoms with E-state index in [4.69, 9.17) is 15.7 Å². The molecule has 0 radical (unpaired) electrons. The predicted molar refractivity (Wildman–Crippen MR) is 82.5 cm³/mol. The fourth-order valence-electron chi connectivity index (χ4n) is 2.07. The zero-order valence-corrected chi connectivity index (χ0v) is 13.2. The van der Waals surface area contributed by atoms with Crippen molar-refractivity contribution in [2.24, 2.45) is 11.1 Å². The summed E-state index contributed by atoms with van der Waals surface area (Å²) in [5, 5.41) is 8.91. The van der Waals surface area contributed by atoms with E-state index in [2.05, 4.69) is 6.07 Å². The van der Waals surface area contributed by atoms with Crippen LogP contribution in [0.5, 0.6) is 5.75 Å².